The van der Waals surface area contributed by atoms with E-state index >= 15 is 0 Å². The molecule has 0 unspecified atom stereocenters. The Morgan fingerprint density at radius 1 is 1.00 bits per heavy atom. The number of hydrogen-bond donors (Lipinski definition) is 2. The van der Waals surface area contributed by atoms with E-state index in [0.717, 1.165) is 73.5 Å². The molecule has 1 aromatic heterocycles. The number of likely N-dealkylation sites (tertiary alicyclic amines) is 1. The summed E-state index contributed by atoms with van der Waals surface area (Å²) in [4.78, 5) is 35.2. The zero-order chi connectivity index (χ0) is 27.7. The summed E-state index contributed by atoms with van der Waals surface area (Å²) in [6.45, 7) is 7.53. The number of anilines is 1. The maximum Gasteiger partial charge on any atom is 0.319 e. The first kappa shape index (κ1) is 28.3. The highest BCUT2D eigenvalue weighted by Crippen LogP contribution is 2.37. The van der Waals surface area contributed by atoms with Gasteiger partial charge in [0.1, 0.15) is 0 Å². The van der Waals surface area contributed by atoms with Crippen molar-refractivity contribution in [3.63, 3.8) is 0 Å². The van der Waals surface area contributed by atoms with Crippen LogP contribution in [-0.2, 0) is 23.2 Å². The van der Waals surface area contributed by atoms with Gasteiger partial charge in [-0.3, -0.25) is 9.78 Å². The number of carbonyl (C=O) groups is 2. The topological polar surface area (TPSA) is 77.6 Å². The minimum Gasteiger partial charge on any atom is -0.341 e. The molecular formula is C32H41N5O2. The molecule has 4 rings (SSSR count). The fourth-order valence-electron chi connectivity index (χ4n) is 5.53. The summed E-state index contributed by atoms with van der Waals surface area (Å²) >= 11 is 0. The van der Waals surface area contributed by atoms with Crippen LogP contribution < -0.4 is 10.6 Å². The SMILES string of the molecule is CCCc1cc(NC(=O)NCCN2CCC(C(=O)N(C)Cc3ccccc3)(c3ccccc3)CC2)cc(C)n1. The molecule has 0 atom stereocenters. The molecule has 0 bridgehead atoms. The van der Waals surface area contributed by atoms with Crippen LogP contribution in [-0.4, -0.2) is 59.9 Å². The van der Waals surface area contributed by atoms with Crippen molar-refractivity contribution in [2.75, 3.05) is 38.5 Å². The van der Waals surface area contributed by atoms with Gasteiger partial charge in [-0.1, -0.05) is 74.0 Å². The van der Waals surface area contributed by atoms with Gasteiger partial charge in [0, 0.05) is 43.8 Å². The lowest BCUT2D eigenvalue weighted by atomic mass is 9.71. The van der Waals surface area contributed by atoms with Crippen molar-refractivity contribution in [1.82, 2.24) is 20.1 Å². The Morgan fingerprint density at radius 3 is 2.33 bits per heavy atom. The summed E-state index contributed by atoms with van der Waals surface area (Å²) in [5.41, 5.74) is 4.33. The van der Waals surface area contributed by atoms with E-state index in [4.69, 9.17) is 0 Å². The van der Waals surface area contributed by atoms with Crippen LogP contribution in [0.15, 0.2) is 72.8 Å². The van der Waals surface area contributed by atoms with Crippen LogP contribution in [0.1, 0.15) is 48.7 Å². The van der Waals surface area contributed by atoms with Gasteiger partial charge in [0.2, 0.25) is 5.91 Å². The highest BCUT2D eigenvalue weighted by atomic mass is 16.2. The summed E-state index contributed by atoms with van der Waals surface area (Å²) in [6, 6.07) is 24.0. The number of hydrogen-bond acceptors (Lipinski definition) is 4. The highest BCUT2D eigenvalue weighted by Gasteiger charge is 2.44. The van der Waals surface area contributed by atoms with Crippen LogP contribution in [0, 0.1) is 6.92 Å². The molecule has 2 N–H and O–H groups in total. The number of aryl methyl sites for hydroxylation is 2. The van der Waals surface area contributed by atoms with E-state index in [1.54, 1.807) is 0 Å². The van der Waals surface area contributed by atoms with Gasteiger partial charge in [0.25, 0.3) is 0 Å². The smallest absolute Gasteiger partial charge is 0.319 e. The summed E-state index contributed by atoms with van der Waals surface area (Å²) in [5, 5.41) is 5.93. The first-order chi connectivity index (χ1) is 18.9. The number of amides is 3. The molecule has 2 heterocycles. The second-order valence-corrected chi connectivity index (χ2v) is 10.6. The quantitative estimate of drug-likeness (QED) is 0.382. The first-order valence-electron chi connectivity index (χ1n) is 14.0. The number of nitrogens with zero attached hydrogens (tertiary/aromatic N) is 3. The van der Waals surface area contributed by atoms with Crippen molar-refractivity contribution < 1.29 is 9.59 Å². The van der Waals surface area contributed by atoms with Gasteiger partial charge >= 0.3 is 6.03 Å². The monoisotopic (exact) mass is 527 g/mol. The average Bonchev–Trinajstić information content (AvgIpc) is 2.94. The number of carbonyl (C=O) groups excluding carboxylic acids is 2. The van der Waals surface area contributed by atoms with Crippen molar-refractivity contribution in [2.24, 2.45) is 0 Å². The molecule has 7 nitrogen and oxygen atoms in total. The lowest BCUT2D eigenvalue weighted by Crippen LogP contribution is -2.52. The lowest BCUT2D eigenvalue weighted by molar-refractivity contribution is -0.138. The van der Waals surface area contributed by atoms with E-state index in [0.29, 0.717) is 13.1 Å². The molecule has 0 radical (unpaired) electrons. The third-order valence-corrected chi connectivity index (χ3v) is 7.54. The van der Waals surface area contributed by atoms with Crippen LogP contribution in [0.2, 0.25) is 0 Å². The summed E-state index contributed by atoms with van der Waals surface area (Å²) in [5.74, 6) is 0.171. The van der Waals surface area contributed by atoms with Gasteiger partial charge in [0.15, 0.2) is 0 Å². The number of piperidine rings is 1. The maximum atomic E-state index is 13.9. The number of benzene rings is 2. The molecule has 3 amide bonds. The largest absolute Gasteiger partial charge is 0.341 e. The third kappa shape index (κ3) is 7.45. The molecule has 206 valence electrons. The standard InChI is InChI=1S/C32H41N5O2/c1-4-11-28-23-29(22-25(2)34-28)35-31(39)33-18-21-37-19-16-32(17-20-37,27-14-9-6-10-15-27)30(38)36(3)24-26-12-7-5-8-13-26/h5-10,12-15,22-23H,4,11,16-21,24H2,1-3H3,(H2,33,34,35,39). The van der Waals surface area contributed by atoms with Crippen molar-refractivity contribution >= 4 is 17.6 Å². The predicted molar refractivity (Wildman–Crippen MR) is 157 cm³/mol. The van der Waals surface area contributed by atoms with Gasteiger partial charge in [-0.05, 0) is 62.5 Å². The number of rotatable bonds is 10. The Balaban J connectivity index is 1.32. The van der Waals surface area contributed by atoms with E-state index in [1.165, 1.54) is 0 Å². The van der Waals surface area contributed by atoms with Crippen LogP contribution in [0.25, 0.3) is 0 Å². The number of likely N-dealkylation sites (N-methyl/N-ethyl adjacent to an activating group) is 1. The Hall–Kier alpha value is -3.71. The van der Waals surface area contributed by atoms with Crippen LogP contribution >= 0.6 is 0 Å². The van der Waals surface area contributed by atoms with Crippen molar-refractivity contribution in [3.05, 3.63) is 95.3 Å². The van der Waals surface area contributed by atoms with Crippen molar-refractivity contribution in [3.8, 4) is 0 Å². The van der Waals surface area contributed by atoms with Crippen molar-refractivity contribution in [2.45, 2.75) is 51.5 Å². The van der Waals surface area contributed by atoms with E-state index in [1.807, 2.05) is 67.4 Å². The third-order valence-electron chi connectivity index (χ3n) is 7.54. The zero-order valence-electron chi connectivity index (χ0n) is 23.5. The molecule has 7 heteroatoms. The lowest BCUT2D eigenvalue weighted by Gasteiger charge is -2.43. The Kier molecular flexibility index (Phi) is 9.71. The van der Waals surface area contributed by atoms with Crippen LogP contribution in [0.5, 0.6) is 0 Å². The number of aromatic nitrogens is 1. The molecule has 1 aliphatic rings. The predicted octanol–water partition coefficient (Wildman–Crippen LogP) is 5.16. The number of nitrogens with one attached hydrogen (secondary N) is 2. The van der Waals surface area contributed by atoms with Gasteiger partial charge in [-0.25, -0.2) is 4.79 Å². The second kappa shape index (κ2) is 13.4. The zero-order valence-corrected chi connectivity index (χ0v) is 23.5. The molecule has 1 saturated heterocycles. The van der Waals surface area contributed by atoms with E-state index in [9.17, 15) is 9.59 Å². The Morgan fingerprint density at radius 2 is 1.67 bits per heavy atom. The van der Waals surface area contributed by atoms with E-state index in [2.05, 4.69) is 51.7 Å². The minimum atomic E-state index is -0.540. The maximum absolute atomic E-state index is 13.9. The van der Waals surface area contributed by atoms with Crippen molar-refractivity contribution in [1.29, 1.82) is 0 Å². The molecule has 3 aromatic rings. The second-order valence-electron chi connectivity index (χ2n) is 10.6. The van der Waals surface area contributed by atoms with Gasteiger partial charge in [-0.2, -0.15) is 0 Å². The Labute approximate surface area is 232 Å². The molecule has 0 aliphatic carbocycles. The molecular weight excluding hydrogens is 486 g/mol. The summed E-state index contributed by atoms with van der Waals surface area (Å²) in [6.07, 6.45) is 3.40. The van der Waals surface area contributed by atoms with Crippen LogP contribution in [0.3, 0.4) is 0 Å². The average molecular weight is 528 g/mol. The molecule has 0 spiro atoms. The van der Waals surface area contributed by atoms with Gasteiger partial charge in [-0.15, -0.1) is 0 Å². The summed E-state index contributed by atoms with van der Waals surface area (Å²) in [7, 11) is 1.91. The van der Waals surface area contributed by atoms with Crippen LogP contribution in [0.4, 0.5) is 10.5 Å². The fourth-order valence-corrected chi connectivity index (χ4v) is 5.53. The van der Waals surface area contributed by atoms with E-state index < -0.39 is 5.41 Å². The molecule has 1 fully saturated rings. The molecule has 2 aromatic carbocycles. The minimum absolute atomic E-state index is 0.171. The first-order valence-corrected chi connectivity index (χ1v) is 14.0. The number of urea groups is 1. The van der Waals surface area contributed by atoms with Gasteiger partial charge < -0.3 is 20.4 Å². The fraction of sp³-hybridized carbons (Fsp3) is 0.406. The summed E-state index contributed by atoms with van der Waals surface area (Å²) < 4.78 is 0. The Bertz CT molecular complexity index is 1220. The van der Waals surface area contributed by atoms with E-state index in [-0.39, 0.29) is 11.9 Å². The number of pyridine rings is 1. The normalized spacial score (nSPS) is 14.9. The van der Waals surface area contributed by atoms with Gasteiger partial charge in [0.05, 0.1) is 5.41 Å². The molecule has 1 aliphatic heterocycles. The molecule has 0 saturated carbocycles. The highest BCUT2D eigenvalue weighted by molar-refractivity contribution is 5.89. The molecule has 39 heavy (non-hydrogen) atoms.